The maximum Gasteiger partial charge on any atom is 0.325 e. The summed E-state index contributed by atoms with van der Waals surface area (Å²) in [5, 5.41) is 8.65. The number of likely N-dealkylation sites (N-methyl/N-ethyl adjacent to an activating group) is 1. The number of benzene rings is 1. The molecule has 2 saturated carbocycles. The zero-order chi connectivity index (χ0) is 42.9. The van der Waals surface area contributed by atoms with E-state index in [0.717, 1.165) is 101 Å². The summed E-state index contributed by atoms with van der Waals surface area (Å²) in [7, 11) is 3.90. The highest BCUT2D eigenvalue weighted by atomic mass is 32.1. The van der Waals surface area contributed by atoms with E-state index in [1.165, 1.54) is 11.3 Å². The first-order valence-corrected chi connectivity index (χ1v) is 23.2. The van der Waals surface area contributed by atoms with Crippen LogP contribution in [0.1, 0.15) is 76.8 Å². The van der Waals surface area contributed by atoms with E-state index in [9.17, 15) is 14.4 Å². The molecule has 326 valence electrons. The molecule has 3 aromatic heterocycles. The monoisotopic (exact) mass is 850 g/mol. The van der Waals surface area contributed by atoms with Gasteiger partial charge in [0.05, 0.1) is 46.7 Å². The number of esters is 1. The number of piperazine rings is 1. The molecule has 4 aromatic rings. The number of thiazole rings is 1. The van der Waals surface area contributed by atoms with Crippen molar-refractivity contribution < 1.29 is 23.9 Å². The van der Waals surface area contributed by atoms with Crippen molar-refractivity contribution in [3.8, 4) is 22.5 Å². The second kappa shape index (κ2) is 16.4. The number of hydrogen-bond acceptors (Lipinski definition) is 11. The second-order valence-electron chi connectivity index (χ2n) is 19.2. The first-order valence-electron chi connectivity index (χ1n) is 22.4. The highest BCUT2D eigenvalue weighted by Gasteiger charge is 2.51. The van der Waals surface area contributed by atoms with Gasteiger partial charge in [0.1, 0.15) is 12.1 Å². The molecule has 2 N–H and O–H groups in total. The van der Waals surface area contributed by atoms with Gasteiger partial charge in [-0.2, -0.15) is 0 Å². The van der Waals surface area contributed by atoms with Crippen LogP contribution in [0.4, 0.5) is 5.69 Å². The van der Waals surface area contributed by atoms with Crippen molar-refractivity contribution >= 4 is 45.7 Å². The van der Waals surface area contributed by atoms with Gasteiger partial charge < -0.3 is 29.2 Å². The van der Waals surface area contributed by atoms with Crippen LogP contribution < -0.4 is 15.6 Å². The van der Waals surface area contributed by atoms with Crippen LogP contribution in [0.25, 0.3) is 33.4 Å². The third-order valence-corrected chi connectivity index (χ3v) is 15.5. The summed E-state index contributed by atoms with van der Waals surface area (Å²) >= 11 is 1.51. The summed E-state index contributed by atoms with van der Waals surface area (Å²) in [6.45, 7) is 18.0. The summed E-state index contributed by atoms with van der Waals surface area (Å²) < 4.78 is 14.7. The standard InChI is InChI=1S/C47H62N8O5S/c1-9-54-38-13-11-29-18-33(38)35(43(54)34-19-31(22-48-41(34)28(4)59-8)53-16-14-52(7)15-17-53)21-47(5,6)25-60-46(58)42-32-12-10-30(32)23-55(51-42)45(57)36(20-39-49-37(29)24-61-39)50-44(56)40-26(2)27(40)3/h11,13,18-19,22,24,26-28,30,32,36,40,42,51H,9-10,12,14-17,20-21,23,25H2,1-8H3,(H,50,56)/t26-,27+,28-,30+,32+,36-,40?,42-/m0/s1. The number of anilines is 1. The number of carbonyl (C=O) groups is 3. The molecule has 1 aromatic carbocycles. The number of rotatable bonds is 7. The lowest BCUT2D eigenvalue weighted by Gasteiger charge is -2.49. The Bertz CT molecular complexity index is 2320. The highest BCUT2D eigenvalue weighted by molar-refractivity contribution is 7.10. The van der Waals surface area contributed by atoms with E-state index >= 15 is 0 Å². The maximum atomic E-state index is 14.5. The number of fused-ring (bicyclic) bond motifs is 8. The zero-order valence-electron chi connectivity index (χ0n) is 37.0. The number of hydrazine groups is 1. The molecule has 0 radical (unpaired) electrons. The Hall–Kier alpha value is -4.37. The van der Waals surface area contributed by atoms with Crippen molar-refractivity contribution in [2.24, 2.45) is 35.0 Å². The Morgan fingerprint density at radius 1 is 1.11 bits per heavy atom. The molecule has 2 aliphatic carbocycles. The molecular formula is C47H62N8O5S. The lowest BCUT2D eigenvalue weighted by Crippen LogP contribution is -2.67. The van der Waals surface area contributed by atoms with Crippen LogP contribution in [0.15, 0.2) is 35.8 Å². The number of pyridine rings is 1. The van der Waals surface area contributed by atoms with Crippen LogP contribution in [0.3, 0.4) is 0 Å². The van der Waals surface area contributed by atoms with Gasteiger partial charge in [0.2, 0.25) is 5.91 Å². The third-order valence-electron chi connectivity index (χ3n) is 14.6. The minimum Gasteiger partial charge on any atom is -0.464 e. The van der Waals surface area contributed by atoms with Gasteiger partial charge in [-0.3, -0.25) is 24.4 Å². The maximum absolute atomic E-state index is 14.5. The predicted octanol–water partition coefficient (Wildman–Crippen LogP) is 6.10. The van der Waals surface area contributed by atoms with E-state index in [2.05, 4.69) is 103 Å². The Labute approximate surface area is 363 Å². The van der Waals surface area contributed by atoms with E-state index in [1.807, 2.05) is 6.20 Å². The third kappa shape index (κ3) is 7.87. The summed E-state index contributed by atoms with van der Waals surface area (Å²) in [5.41, 5.74) is 11.0. The largest absolute Gasteiger partial charge is 0.464 e. The molecule has 8 atom stereocenters. The van der Waals surface area contributed by atoms with Gasteiger partial charge in [-0.25, -0.2) is 10.4 Å². The van der Waals surface area contributed by atoms with Crippen molar-refractivity contribution in [3.63, 3.8) is 0 Å². The number of ether oxygens (including phenoxy) is 2. The minimum absolute atomic E-state index is 0.0850. The molecule has 3 aliphatic heterocycles. The lowest BCUT2D eigenvalue weighted by atomic mass is 9.68. The molecule has 0 spiro atoms. The van der Waals surface area contributed by atoms with Crippen molar-refractivity contribution in [1.29, 1.82) is 0 Å². The average molecular weight is 851 g/mol. The van der Waals surface area contributed by atoms with Gasteiger partial charge in [-0.1, -0.05) is 33.8 Å². The fourth-order valence-corrected chi connectivity index (χ4v) is 11.2. The molecule has 9 rings (SSSR count). The Morgan fingerprint density at radius 3 is 2.57 bits per heavy atom. The molecule has 6 heterocycles. The quantitative estimate of drug-likeness (QED) is 0.210. The SMILES string of the molecule is CCn1c(-c2cc(N3CCN(C)CC3)cnc2[C@H](C)OC)c2c3cc(ccc31)-c1csc(n1)C[C@H](NC(=O)C1[C@@H](C)[C@H]1C)C(=O)N1C[C@H]3CC[C@H]3[C@H](N1)C(=O)OCC(C)(C)C2. The molecule has 1 unspecified atom stereocenters. The van der Waals surface area contributed by atoms with Crippen molar-refractivity contribution in [1.82, 2.24) is 35.2 Å². The van der Waals surface area contributed by atoms with Gasteiger partial charge in [0.15, 0.2) is 0 Å². The second-order valence-corrected chi connectivity index (χ2v) is 20.2. The van der Waals surface area contributed by atoms with Crippen molar-refractivity contribution in [2.45, 2.75) is 92.0 Å². The molecular weight excluding hydrogens is 789 g/mol. The minimum atomic E-state index is -0.834. The van der Waals surface area contributed by atoms with Crippen molar-refractivity contribution in [2.75, 3.05) is 58.4 Å². The van der Waals surface area contributed by atoms with Gasteiger partial charge in [0, 0.05) is 91.5 Å². The summed E-state index contributed by atoms with van der Waals surface area (Å²) in [6.07, 6.45) is 4.46. The highest BCUT2D eigenvalue weighted by Crippen LogP contribution is 2.46. The zero-order valence-corrected chi connectivity index (χ0v) is 37.8. The van der Waals surface area contributed by atoms with E-state index < -0.39 is 17.5 Å². The van der Waals surface area contributed by atoms with Gasteiger partial charge in [-0.15, -0.1) is 11.3 Å². The molecule has 5 aliphatic rings. The molecule has 4 fully saturated rings. The number of nitrogens with zero attached hydrogens (tertiary/aromatic N) is 6. The number of carbonyl (C=O) groups excluding carboxylic acids is 3. The number of aromatic nitrogens is 3. The van der Waals surface area contributed by atoms with Crippen LogP contribution in [0, 0.1) is 35.0 Å². The lowest BCUT2D eigenvalue weighted by molar-refractivity contribution is -0.165. The molecule has 2 amide bonds. The normalized spacial score (nSPS) is 28.4. The number of aryl methyl sites for hydroxylation is 1. The molecule has 61 heavy (non-hydrogen) atoms. The van der Waals surface area contributed by atoms with Crippen LogP contribution >= 0.6 is 11.3 Å². The number of amides is 2. The van der Waals surface area contributed by atoms with E-state index in [4.69, 9.17) is 19.4 Å². The fraction of sp³-hybridized carbons (Fsp3) is 0.596. The summed E-state index contributed by atoms with van der Waals surface area (Å²) in [6, 6.07) is 7.40. The first-order chi connectivity index (χ1) is 29.2. The first kappa shape index (κ1) is 42.0. The van der Waals surface area contributed by atoms with Gasteiger partial charge >= 0.3 is 5.97 Å². The average Bonchev–Trinajstić information content (AvgIpc) is 3.50. The van der Waals surface area contributed by atoms with Crippen LogP contribution in [0.2, 0.25) is 0 Å². The summed E-state index contributed by atoms with van der Waals surface area (Å²) in [4.78, 5) is 57.3. The number of nitrogens with one attached hydrogen (secondary N) is 2. The smallest absolute Gasteiger partial charge is 0.325 e. The Kier molecular flexibility index (Phi) is 11.3. The van der Waals surface area contributed by atoms with E-state index in [0.29, 0.717) is 13.0 Å². The molecule has 13 nitrogen and oxygen atoms in total. The number of methoxy groups -OCH3 is 1. The van der Waals surface area contributed by atoms with Crippen LogP contribution in [-0.4, -0.2) is 108 Å². The topological polar surface area (TPSA) is 134 Å². The molecule has 6 bridgehead atoms. The Balaban J connectivity index is 1.17. The van der Waals surface area contributed by atoms with Gasteiger partial charge in [0.25, 0.3) is 5.91 Å². The number of hydrogen-bond donors (Lipinski definition) is 2. The summed E-state index contributed by atoms with van der Waals surface area (Å²) in [5.74, 6) is -0.0108. The van der Waals surface area contributed by atoms with Crippen LogP contribution in [0.5, 0.6) is 0 Å². The number of cyclic esters (lactones) is 1. The van der Waals surface area contributed by atoms with Crippen LogP contribution in [-0.2, 0) is 43.2 Å². The van der Waals surface area contributed by atoms with E-state index in [-0.39, 0.29) is 66.5 Å². The molecule has 2 saturated heterocycles. The fourth-order valence-electron chi connectivity index (χ4n) is 10.3. The Morgan fingerprint density at radius 2 is 1.89 bits per heavy atom. The van der Waals surface area contributed by atoms with Crippen molar-refractivity contribution in [3.05, 3.63) is 52.1 Å². The van der Waals surface area contributed by atoms with Gasteiger partial charge in [-0.05, 0) is 87.6 Å². The molecule has 14 heteroatoms. The predicted molar refractivity (Wildman–Crippen MR) is 238 cm³/mol. The van der Waals surface area contributed by atoms with E-state index in [1.54, 1.807) is 12.1 Å².